The first-order valence-electron chi connectivity index (χ1n) is 6.68. The van der Waals surface area contributed by atoms with Crippen molar-refractivity contribution < 1.29 is 14.3 Å². The molecule has 1 saturated heterocycles. The van der Waals surface area contributed by atoms with Crippen LogP contribution in [-0.4, -0.2) is 29.4 Å². The average molecular weight is 259 g/mol. The second-order valence-corrected chi connectivity index (χ2v) is 5.48. The fraction of sp³-hybridized carbons (Fsp3) is 0.467. The molecule has 2 aliphatic rings. The van der Waals surface area contributed by atoms with Gasteiger partial charge in [0.1, 0.15) is 18.4 Å². The molecule has 19 heavy (non-hydrogen) atoms. The molecular weight excluding hydrogens is 242 g/mol. The van der Waals surface area contributed by atoms with Crippen molar-refractivity contribution in [3.05, 3.63) is 35.9 Å². The summed E-state index contributed by atoms with van der Waals surface area (Å²) in [6, 6.07) is 9.58. The van der Waals surface area contributed by atoms with Crippen molar-refractivity contribution in [3.8, 4) is 0 Å². The molecule has 1 heterocycles. The number of aldehydes is 1. The van der Waals surface area contributed by atoms with Crippen LogP contribution in [0.25, 0.3) is 0 Å². The predicted octanol–water partition coefficient (Wildman–Crippen LogP) is 2.38. The Morgan fingerprint density at radius 1 is 1.42 bits per heavy atom. The van der Waals surface area contributed by atoms with Crippen molar-refractivity contribution in [2.45, 2.75) is 31.4 Å². The fourth-order valence-corrected chi connectivity index (χ4v) is 3.22. The van der Waals surface area contributed by atoms with Gasteiger partial charge in [0.25, 0.3) is 0 Å². The van der Waals surface area contributed by atoms with E-state index in [4.69, 9.17) is 4.74 Å². The van der Waals surface area contributed by atoms with E-state index in [-0.39, 0.29) is 12.7 Å². The maximum Gasteiger partial charge on any atom is 0.410 e. The highest BCUT2D eigenvalue weighted by Gasteiger charge is 2.53. The number of likely N-dealkylation sites (tertiary alicyclic amines) is 1. The van der Waals surface area contributed by atoms with Crippen LogP contribution in [0.15, 0.2) is 30.3 Å². The highest BCUT2D eigenvalue weighted by Crippen LogP contribution is 2.45. The van der Waals surface area contributed by atoms with Crippen LogP contribution in [0.4, 0.5) is 4.79 Å². The Labute approximate surface area is 112 Å². The van der Waals surface area contributed by atoms with E-state index in [1.807, 2.05) is 30.3 Å². The van der Waals surface area contributed by atoms with E-state index in [0.717, 1.165) is 31.1 Å². The lowest BCUT2D eigenvalue weighted by molar-refractivity contribution is -0.116. The third kappa shape index (κ3) is 2.11. The van der Waals surface area contributed by atoms with E-state index in [9.17, 15) is 9.59 Å². The van der Waals surface area contributed by atoms with Crippen LogP contribution in [0, 0.1) is 5.92 Å². The highest BCUT2D eigenvalue weighted by atomic mass is 16.6. The molecular formula is C15H17NO3. The van der Waals surface area contributed by atoms with Gasteiger partial charge in [-0.1, -0.05) is 30.3 Å². The van der Waals surface area contributed by atoms with Crippen molar-refractivity contribution in [1.82, 2.24) is 4.90 Å². The number of ether oxygens (including phenoxy) is 1. The normalized spacial score (nSPS) is 28.4. The van der Waals surface area contributed by atoms with Crippen LogP contribution in [0.5, 0.6) is 0 Å². The zero-order valence-electron chi connectivity index (χ0n) is 10.7. The Morgan fingerprint density at radius 3 is 2.89 bits per heavy atom. The Morgan fingerprint density at radius 2 is 2.21 bits per heavy atom. The molecule has 1 saturated carbocycles. The van der Waals surface area contributed by atoms with Gasteiger partial charge >= 0.3 is 6.09 Å². The summed E-state index contributed by atoms with van der Waals surface area (Å²) in [5, 5.41) is 0. The first kappa shape index (κ1) is 12.2. The van der Waals surface area contributed by atoms with Gasteiger partial charge in [0.2, 0.25) is 0 Å². The van der Waals surface area contributed by atoms with Gasteiger partial charge in [0.15, 0.2) is 0 Å². The molecule has 3 rings (SSSR count). The summed E-state index contributed by atoms with van der Waals surface area (Å²) in [6.07, 6.45) is 3.20. The van der Waals surface area contributed by atoms with Crippen molar-refractivity contribution in [2.24, 2.45) is 5.92 Å². The summed E-state index contributed by atoms with van der Waals surface area (Å²) in [5.41, 5.74) is 0.374. The molecule has 1 aromatic carbocycles. The van der Waals surface area contributed by atoms with Crippen LogP contribution in [-0.2, 0) is 16.1 Å². The van der Waals surface area contributed by atoms with Gasteiger partial charge in [-0.25, -0.2) is 4.79 Å². The quantitative estimate of drug-likeness (QED) is 0.783. The van der Waals surface area contributed by atoms with Gasteiger partial charge in [0.05, 0.1) is 0 Å². The second-order valence-electron chi connectivity index (χ2n) is 5.48. The number of carbonyl (C=O) groups excluding carboxylic acids is 2. The second kappa shape index (κ2) is 4.68. The van der Waals surface area contributed by atoms with E-state index >= 15 is 0 Å². The van der Waals surface area contributed by atoms with Gasteiger partial charge in [0, 0.05) is 6.54 Å². The fourth-order valence-electron chi connectivity index (χ4n) is 3.22. The highest BCUT2D eigenvalue weighted by molar-refractivity contribution is 5.78. The summed E-state index contributed by atoms with van der Waals surface area (Å²) in [7, 11) is 0. The molecule has 1 aliphatic carbocycles. The monoisotopic (exact) mass is 259 g/mol. The minimum Gasteiger partial charge on any atom is -0.445 e. The smallest absolute Gasteiger partial charge is 0.410 e. The average Bonchev–Trinajstić information content (AvgIpc) is 3.04. The molecule has 0 aromatic heterocycles. The number of rotatable bonds is 3. The third-order valence-electron chi connectivity index (χ3n) is 4.25. The molecule has 2 fully saturated rings. The largest absolute Gasteiger partial charge is 0.445 e. The molecule has 4 nitrogen and oxygen atoms in total. The summed E-state index contributed by atoms with van der Waals surface area (Å²) >= 11 is 0. The molecule has 2 bridgehead atoms. The van der Waals surface area contributed by atoms with Crippen molar-refractivity contribution in [1.29, 1.82) is 0 Å². The third-order valence-corrected chi connectivity index (χ3v) is 4.25. The number of fused-ring (bicyclic) bond motifs is 2. The van der Waals surface area contributed by atoms with Gasteiger partial charge in [-0.3, -0.25) is 4.90 Å². The lowest BCUT2D eigenvalue weighted by Gasteiger charge is -2.33. The molecule has 4 heteroatoms. The first-order chi connectivity index (χ1) is 9.23. The minimum atomic E-state index is -0.585. The lowest BCUT2D eigenvalue weighted by Crippen LogP contribution is -2.49. The number of benzene rings is 1. The van der Waals surface area contributed by atoms with Crippen molar-refractivity contribution >= 4 is 12.4 Å². The van der Waals surface area contributed by atoms with Crippen LogP contribution < -0.4 is 0 Å². The summed E-state index contributed by atoms with van der Waals surface area (Å²) in [6.45, 7) is 0.919. The molecule has 2 atom stereocenters. The standard InChI is InChI=1S/C15H17NO3/c17-11-15-7-6-13(8-15)9-16(15)14(18)19-10-12-4-2-1-3-5-12/h1-5,11,13H,6-10H2/t13-,15+/m0/s1. The van der Waals surface area contributed by atoms with Gasteiger partial charge in [-0.15, -0.1) is 0 Å². The Kier molecular flexibility index (Phi) is 3.01. The zero-order chi connectivity index (χ0) is 13.3. The van der Waals surface area contributed by atoms with Crippen LogP contribution in [0.3, 0.4) is 0 Å². The molecule has 1 amide bonds. The number of hydrogen-bond donors (Lipinski definition) is 0. The number of piperidine rings is 1. The van der Waals surface area contributed by atoms with E-state index < -0.39 is 5.54 Å². The number of hydrogen-bond acceptors (Lipinski definition) is 3. The zero-order valence-corrected chi connectivity index (χ0v) is 10.7. The molecule has 0 N–H and O–H groups in total. The molecule has 100 valence electrons. The molecule has 1 aliphatic heterocycles. The predicted molar refractivity (Wildman–Crippen MR) is 69.5 cm³/mol. The van der Waals surface area contributed by atoms with Crippen LogP contribution in [0.1, 0.15) is 24.8 Å². The van der Waals surface area contributed by atoms with E-state index in [1.54, 1.807) is 4.90 Å². The Balaban J connectivity index is 1.64. The van der Waals surface area contributed by atoms with Gasteiger partial charge < -0.3 is 9.53 Å². The first-order valence-corrected chi connectivity index (χ1v) is 6.68. The number of nitrogens with zero attached hydrogens (tertiary/aromatic N) is 1. The molecule has 1 aromatic rings. The van der Waals surface area contributed by atoms with E-state index in [2.05, 4.69) is 0 Å². The van der Waals surface area contributed by atoms with Crippen molar-refractivity contribution in [3.63, 3.8) is 0 Å². The van der Waals surface area contributed by atoms with Gasteiger partial charge in [-0.05, 0) is 30.7 Å². The molecule has 0 spiro atoms. The summed E-state index contributed by atoms with van der Waals surface area (Å²) < 4.78 is 5.32. The molecule has 0 unspecified atom stereocenters. The van der Waals surface area contributed by atoms with Crippen molar-refractivity contribution in [2.75, 3.05) is 6.54 Å². The Bertz CT molecular complexity index is 487. The number of carbonyl (C=O) groups is 2. The van der Waals surface area contributed by atoms with Crippen LogP contribution in [0.2, 0.25) is 0 Å². The maximum atomic E-state index is 12.1. The van der Waals surface area contributed by atoms with E-state index in [1.165, 1.54) is 0 Å². The minimum absolute atomic E-state index is 0.260. The summed E-state index contributed by atoms with van der Waals surface area (Å²) in [4.78, 5) is 25.1. The molecule has 0 radical (unpaired) electrons. The maximum absolute atomic E-state index is 12.1. The van der Waals surface area contributed by atoms with E-state index in [0.29, 0.717) is 12.5 Å². The van der Waals surface area contributed by atoms with Crippen LogP contribution >= 0.6 is 0 Å². The lowest BCUT2D eigenvalue weighted by atomic mass is 10.00. The Hall–Kier alpha value is -1.84. The number of amides is 1. The van der Waals surface area contributed by atoms with Gasteiger partial charge in [-0.2, -0.15) is 0 Å². The summed E-state index contributed by atoms with van der Waals surface area (Å²) in [5.74, 6) is 0.467. The SMILES string of the molecule is O=C[C@]12CC[C@H](CN1C(=O)OCc1ccccc1)C2. The topological polar surface area (TPSA) is 46.6 Å².